The molecule has 0 radical (unpaired) electrons. The number of benzene rings is 1. The van der Waals surface area contributed by atoms with Gasteiger partial charge in [0.15, 0.2) is 0 Å². The number of carbonyl (C=O) groups excluding carboxylic acids is 2. The van der Waals surface area contributed by atoms with Crippen LogP contribution in [0.5, 0.6) is 0 Å². The number of nitrogens with zero attached hydrogens (tertiary/aromatic N) is 4. The number of amides is 3. The highest BCUT2D eigenvalue weighted by molar-refractivity contribution is 5.78. The molecule has 0 saturated carbocycles. The van der Waals surface area contributed by atoms with E-state index in [0.717, 1.165) is 17.2 Å². The van der Waals surface area contributed by atoms with E-state index in [-0.39, 0.29) is 23.7 Å². The third kappa shape index (κ3) is 5.77. The SMILES string of the molecule is CCC(=O)N1CCN(C(=O)N(C)C(C)c2cc(CC)cc(C(F)(F)F)n2)C(c2ccccc2C)C1. The van der Waals surface area contributed by atoms with Crippen molar-refractivity contribution in [1.29, 1.82) is 0 Å². The van der Waals surface area contributed by atoms with Crippen LogP contribution in [0.4, 0.5) is 18.0 Å². The quantitative estimate of drug-likeness (QED) is 0.566. The summed E-state index contributed by atoms with van der Waals surface area (Å²) < 4.78 is 40.3. The average Bonchev–Trinajstić information content (AvgIpc) is 2.86. The number of piperazine rings is 1. The van der Waals surface area contributed by atoms with E-state index >= 15 is 0 Å². The number of urea groups is 1. The molecule has 35 heavy (non-hydrogen) atoms. The van der Waals surface area contributed by atoms with Crippen molar-refractivity contribution in [3.8, 4) is 0 Å². The maximum absolute atomic E-state index is 13.7. The minimum atomic E-state index is -4.57. The Labute approximate surface area is 204 Å². The standard InChI is InChI=1S/C26H33F3N4O2/c1-6-19-14-21(30-23(15-19)26(27,28)29)18(4)31(5)25(35)33-13-12-32(24(34)7-2)16-22(33)20-11-9-8-10-17(20)3/h8-11,14-15,18,22H,6-7,12-13,16H2,1-5H3. The van der Waals surface area contributed by atoms with Gasteiger partial charge in [-0.25, -0.2) is 9.78 Å². The molecule has 1 fully saturated rings. The minimum Gasteiger partial charge on any atom is -0.339 e. The Morgan fingerprint density at radius 3 is 2.46 bits per heavy atom. The fourth-order valence-electron chi connectivity index (χ4n) is 4.43. The van der Waals surface area contributed by atoms with E-state index in [1.54, 1.807) is 36.8 Å². The number of rotatable bonds is 5. The van der Waals surface area contributed by atoms with Gasteiger partial charge in [-0.05, 0) is 49.1 Å². The Balaban J connectivity index is 1.92. The van der Waals surface area contributed by atoms with Crippen LogP contribution < -0.4 is 0 Å². The third-order valence-corrected chi connectivity index (χ3v) is 6.74. The molecule has 9 heteroatoms. The summed E-state index contributed by atoms with van der Waals surface area (Å²) in [6, 6.07) is 9.06. The first kappa shape index (κ1) is 26.5. The van der Waals surface area contributed by atoms with E-state index in [9.17, 15) is 22.8 Å². The first-order chi connectivity index (χ1) is 16.5. The lowest BCUT2D eigenvalue weighted by molar-refractivity contribution is -0.141. The molecule has 1 aliphatic rings. The molecule has 190 valence electrons. The summed E-state index contributed by atoms with van der Waals surface area (Å²) in [7, 11) is 1.58. The van der Waals surface area contributed by atoms with Crippen LogP contribution in [0.15, 0.2) is 36.4 Å². The van der Waals surface area contributed by atoms with Gasteiger partial charge in [0.25, 0.3) is 0 Å². The summed E-state index contributed by atoms with van der Waals surface area (Å²) in [6.45, 7) is 8.34. The molecule has 1 aliphatic heterocycles. The van der Waals surface area contributed by atoms with Gasteiger partial charge in [0.2, 0.25) is 5.91 Å². The molecule has 2 atom stereocenters. The highest BCUT2D eigenvalue weighted by Crippen LogP contribution is 2.33. The van der Waals surface area contributed by atoms with Crippen molar-refractivity contribution in [2.45, 2.75) is 58.8 Å². The van der Waals surface area contributed by atoms with Gasteiger partial charge >= 0.3 is 12.2 Å². The molecule has 2 unspecified atom stereocenters. The summed E-state index contributed by atoms with van der Waals surface area (Å²) >= 11 is 0. The lowest BCUT2D eigenvalue weighted by Crippen LogP contribution is -2.55. The minimum absolute atomic E-state index is 0.0256. The Hall–Kier alpha value is -3.10. The summed E-state index contributed by atoms with van der Waals surface area (Å²) in [6.07, 6.45) is -3.77. The average molecular weight is 491 g/mol. The highest BCUT2D eigenvalue weighted by atomic mass is 19.4. The van der Waals surface area contributed by atoms with Crippen LogP contribution in [0.25, 0.3) is 0 Å². The van der Waals surface area contributed by atoms with E-state index in [0.29, 0.717) is 38.0 Å². The Kier molecular flexibility index (Phi) is 8.07. The lowest BCUT2D eigenvalue weighted by atomic mass is 9.97. The summed E-state index contributed by atoms with van der Waals surface area (Å²) in [5.41, 5.74) is 1.70. The Morgan fingerprint density at radius 1 is 1.17 bits per heavy atom. The van der Waals surface area contributed by atoms with Crippen LogP contribution in [0.3, 0.4) is 0 Å². The van der Waals surface area contributed by atoms with E-state index < -0.39 is 17.9 Å². The van der Waals surface area contributed by atoms with Gasteiger partial charge in [0, 0.05) is 33.1 Å². The van der Waals surface area contributed by atoms with Crippen LogP contribution >= 0.6 is 0 Å². The topological polar surface area (TPSA) is 56.8 Å². The largest absolute Gasteiger partial charge is 0.433 e. The first-order valence-electron chi connectivity index (χ1n) is 11.9. The van der Waals surface area contributed by atoms with Crippen LogP contribution in [-0.4, -0.2) is 58.3 Å². The number of alkyl halides is 3. The molecule has 3 rings (SSSR count). The van der Waals surface area contributed by atoms with Crippen molar-refractivity contribution in [1.82, 2.24) is 19.7 Å². The molecule has 1 aromatic heterocycles. The zero-order chi connectivity index (χ0) is 25.9. The van der Waals surface area contributed by atoms with Crippen LogP contribution in [0.1, 0.15) is 67.4 Å². The molecule has 1 aromatic carbocycles. The van der Waals surface area contributed by atoms with E-state index in [4.69, 9.17) is 0 Å². The zero-order valence-electron chi connectivity index (χ0n) is 20.9. The van der Waals surface area contributed by atoms with Gasteiger partial charge < -0.3 is 14.7 Å². The molecular weight excluding hydrogens is 457 g/mol. The molecule has 0 aliphatic carbocycles. The van der Waals surface area contributed by atoms with E-state index in [1.165, 1.54) is 4.90 Å². The first-order valence-corrected chi connectivity index (χ1v) is 11.9. The highest BCUT2D eigenvalue weighted by Gasteiger charge is 2.37. The molecule has 0 N–H and O–H groups in total. The van der Waals surface area contributed by atoms with Gasteiger partial charge in [-0.15, -0.1) is 0 Å². The molecule has 2 heterocycles. The summed E-state index contributed by atoms with van der Waals surface area (Å²) in [5.74, 6) is 0.0256. The second kappa shape index (κ2) is 10.7. The number of pyridine rings is 1. The Morgan fingerprint density at radius 2 is 1.86 bits per heavy atom. The van der Waals surface area contributed by atoms with Crippen molar-refractivity contribution < 1.29 is 22.8 Å². The molecular formula is C26H33F3N4O2. The second-order valence-electron chi connectivity index (χ2n) is 8.97. The fourth-order valence-corrected chi connectivity index (χ4v) is 4.43. The number of aryl methyl sites for hydroxylation is 2. The predicted molar refractivity (Wildman–Crippen MR) is 128 cm³/mol. The smallest absolute Gasteiger partial charge is 0.339 e. The number of halogens is 3. The fraction of sp³-hybridized carbons (Fsp3) is 0.500. The van der Waals surface area contributed by atoms with Gasteiger partial charge in [-0.2, -0.15) is 13.2 Å². The molecule has 1 saturated heterocycles. The van der Waals surface area contributed by atoms with Crippen molar-refractivity contribution in [3.63, 3.8) is 0 Å². The van der Waals surface area contributed by atoms with Gasteiger partial charge in [0.05, 0.1) is 17.8 Å². The van der Waals surface area contributed by atoms with Crippen molar-refractivity contribution in [2.24, 2.45) is 0 Å². The molecule has 0 bridgehead atoms. The zero-order valence-corrected chi connectivity index (χ0v) is 20.9. The van der Waals surface area contributed by atoms with Gasteiger partial charge in [-0.3, -0.25) is 4.79 Å². The predicted octanol–water partition coefficient (Wildman–Crippen LogP) is 5.38. The van der Waals surface area contributed by atoms with Gasteiger partial charge in [0.1, 0.15) is 5.69 Å². The number of hydrogen-bond acceptors (Lipinski definition) is 3. The maximum Gasteiger partial charge on any atom is 0.433 e. The van der Waals surface area contributed by atoms with E-state index in [2.05, 4.69) is 4.98 Å². The van der Waals surface area contributed by atoms with Crippen molar-refractivity contribution in [3.05, 3.63) is 64.5 Å². The summed E-state index contributed by atoms with van der Waals surface area (Å²) in [4.78, 5) is 34.9. The molecule has 6 nitrogen and oxygen atoms in total. The second-order valence-corrected chi connectivity index (χ2v) is 8.97. The number of aromatic nitrogens is 1. The lowest BCUT2D eigenvalue weighted by Gasteiger charge is -2.44. The van der Waals surface area contributed by atoms with Crippen LogP contribution in [0.2, 0.25) is 0 Å². The Bertz CT molecular complexity index is 1070. The third-order valence-electron chi connectivity index (χ3n) is 6.74. The summed E-state index contributed by atoms with van der Waals surface area (Å²) in [5, 5.41) is 0. The molecule has 3 amide bonds. The number of carbonyl (C=O) groups is 2. The van der Waals surface area contributed by atoms with Crippen LogP contribution in [-0.2, 0) is 17.4 Å². The monoisotopic (exact) mass is 490 g/mol. The van der Waals surface area contributed by atoms with Crippen molar-refractivity contribution in [2.75, 3.05) is 26.7 Å². The maximum atomic E-state index is 13.7. The van der Waals surface area contributed by atoms with Gasteiger partial charge in [-0.1, -0.05) is 38.1 Å². The number of hydrogen-bond donors (Lipinski definition) is 0. The molecule has 2 aromatic rings. The van der Waals surface area contributed by atoms with Crippen LogP contribution in [0, 0.1) is 6.92 Å². The molecule has 0 spiro atoms. The van der Waals surface area contributed by atoms with E-state index in [1.807, 2.05) is 38.1 Å². The van der Waals surface area contributed by atoms with Crippen molar-refractivity contribution >= 4 is 11.9 Å². The normalized spacial score (nSPS) is 17.3.